The molecule has 2 atom stereocenters. The van der Waals surface area contributed by atoms with Crippen LogP contribution in [0.1, 0.15) is 12.5 Å². The second-order valence-electron chi connectivity index (χ2n) is 7.08. The van der Waals surface area contributed by atoms with E-state index in [1.54, 1.807) is 42.9 Å². The maximum Gasteiger partial charge on any atom is 0.297 e. The standard InChI is InChI=1S/C20H22N4O4S/c1-14-3-5-17(6-4-14)29(25,26)27-13-16-12-24(11-15(2)28-16)18-7-8-22-20-19(18)21-9-10-23-20/h3-10,15-16H,11-13H2,1-2H3/t15-,16-/m1/s1. The Morgan fingerprint density at radius 1 is 1.07 bits per heavy atom. The minimum Gasteiger partial charge on any atom is -0.369 e. The number of aryl methyl sites for hydroxylation is 1. The van der Waals surface area contributed by atoms with Crippen molar-refractivity contribution in [3.05, 3.63) is 54.5 Å². The van der Waals surface area contributed by atoms with E-state index in [0.29, 0.717) is 24.3 Å². The van der Waals surface area contributed by atoms with Crippen molar-refractivity contribution in [2.24, 2.45) is 0 Å². The van der Waals surface area contributed by atoms with Crippen molar-refractivity contribution in [1.29, 1.82) is 0 Å². The fraction of sp³-hybridized carbons (Fsp3) is 0.350. The van der Waals surface area contributed by atoms with E-state index < -0.39 is 16.2 Å². The summed E-state index contributed by atoms with van der Waals surface area (Å²) in [6.07, 6.45) is 4.43. The number of aromatic nitrogens is 3. The van der Waals surface area contributed by atoms with Gasteiger partial charge in [-0.3, -0.25) is 4.18 Å². The number of hydrogen-bond acceptors (Lipinski definition) is 8. The number of morpholine rings is 1. The first-order valence-electron chi connectivity index (χ1n) is 9.34. The van der Waals surface area contributed by atoms with Crippen LogP contribution in [-0.4, -0.2) is 55.3 Å². The molecule has 9 heteroatoms. The number of anilines is 1. The second-order valence-corrected chi connectivity index (χ2v) is 8.70. The van der Waals surface area contributed by atoms with Crippen LogP contribution in [0.5, 0.6) is 0 Å². The molecule has 4 rings (SSSR count). The quantitative estimate of drug-likeness (QED) is 0.587. The van der Waals surface area contributed by atoms with Crippen LogP contribution < -0.4 is 4.90 Å². The molecule has 1 saturated heterocycles. The zero-order valence-corrected chi connectivity index (χ0v) is 17.0. The zero-order valence-electron chi connectivity index (χ0n) is 16.2. The number of hydrogen-bond donors (Lipinski definition) is 0. The summed E-state index contributed by atoms with van der Waals surface area (Å²) in [6.45, 7) is 4.91. The molecule has 2 aromatic heterocycles. The van der Waals surface area contributed by atoms with Gasteiger partial charge in [-0.15, -0.1) is 0 Å². The SMILES string of the molecule is Cc1ccc(S(=O)(=O)OC[C@H]2CN(c3ccnc4nccnc34)C[C@@H](C)O2)cc1. The van der Waals surface area contributed by atoms with E-state index in [9.17, 15) is 8.42 Å². The van der Waals surface area contributed by atoms with E-state index in [2.05, 4.69) is 19.9 Å². The Labute approximate surface area is 169 Å². The fourth-order valence-corrected chi connectivity index (χ4v) is 4.33. The lowest BCUT2D eigenvalue weighted by Crippen LogP contribution is -2.48. The van der Waals surface area contributed by atoms with Crippen LogP contribution in [0.3, 0.4) is 0 Å². The highest BCUT2D eigenvalue weighted by molar-refractivity contribution is 7.86. The molecule has 0 aliphatic carbocycles. The summed E-state index contributed by atoms with van der Waals surface area (Å²) in [6, 6.07) is 8.46. The van der Waals surface area contributed by atoms with Gasteiger partial charge in [0.2, 0.25) is 0 Å². The summed E-state index contributed by atoms with van der Waals surface area (Å²) in [4.78, 5) is 15.1. The summed E-state index contributed by atoms with van der Waals surface area (Å²) < 4.78 is 36.2. The number of benzene rings is 1. The lowest BCUT2D eigenvalue weighted by Gasteiger charge is -2.38. The lowest BCUT2D eigenvalue weighted by atomic mass is 10.2. The Balaban J connectivity index is 1.50. The van der Waals surface area contributed by atoms with Gasteiger partial charge in [-0.2, -0.15) is 8.42 Å². The highest BCUT2D eigenvalue weighted by atomic mass is 32.2. The van der Waals surface area contributed by atoms with Crippen LogP contribution in [0.4, 0.5) is 5.69 Å². The third-order valence-corrected chi connectivity index (χ3v) is 6.03. The normalized spacial score (nSPS) is 20.1. The molecule has 1 aliphatic heterocycles. The summed E-state index contributed by atoms with van der Waals surface area (Å²) in [5.41, 5.74) is 3.15. The first-order chi connectivity index (χ1) is 13.9. The molecule has 0 spiro atoms. The molecule has 152 valence electrons. The molecule has 0 saturated carbocycles. The molecule has 29 heavy (non-hydrogen) atoms. The monoisotopic (exact) mass is 414 g/mol. The second kappa shape index (κ2) is 8.02. The van der Waals surface area contributed by atoms with Crippen molar-refractivity contribution in [2.75, 3.05) is 24.6 Å². The van der Waals surface area contributed by atoms with Crippen molar-refractivity contribution in [1.82, 2.24) is 15.0 Å². The Kier molecular flexibility index (Phi) is 5.44. The van der Waals surface area contributed by atoms with Gasteiger partial charge in [-0.1, -0.05) is 17.7 Å². The van der Waals surface area contributed by atoms with Gasteiger partial charge in [0.1, 0.15) is 11.6 Å². The average Bonchev–Trinajstić information content (AvgIpc) is 2.72. The van der Waals surface area contributed by atoms with Crippen LogP contribution >= 0.6 is 0 Å². The first kappa shape index (κ1) is 19.7. The van der Waals surface area contributed by atoms with E-state index >= 15 is 0 Å². The maximum absolute atomic E-state index is 12.5. The third-order valence-electron chi connectivity index (χ3n) is 4.74. The van der Waals surface area contributed by atoms with Crippen LogP contribution in [0.15, 0.2) is 53.8 Å². The van der Waals surface area contributed by atoms with Gasteiger partial charge in [0.15, 0.2) is 5.65 Å². The van der Waals surface area contributed by atoms with E-state index in [0.717, 1.165) is 11.3 Å². The van der Waals surface area contributed by atoms with E-state index in [-0.39, 0.29) is 17.6 Å². The van der Waals surface area contributed by atoms with Crippen molar-refractivity contribution >= 4 is 27.0 Å². The van der Waals surface area contributed by atoms with Crippen molar-refractivity contribution < 1.29 is 17.3 Å². The Morgan fingerprint density at radius 2 is 1.79 bits per heavy atom. The highest BCUT2D eigenvalue weighted by Gasteiger charge is 2.29. The Hall–Kier alpha value is -2.62. The maximum atomic E-state index is 12.5. The van der Waals surface area contributed by atoms with E-state index in [1.165, 1.54) is 0 Å². The van der Waals surface area contributed by atoms with Crippen molar-refractivity contribution in [3.63, 3.8) is 0 Å². The van der Waals surface area contributed by atoms with Crippen LogP contribution in [0.25, 0.3) is 11.2 Å². The Morgan fingerprint density at radius 3 is 2.59 bits per heavy atom. The molecule has 0 radical (unpaired) electrons. The van der Waals surface area contributed by atoms with Crippen LogP contribution in [-0.2, 0) is 19.0 Å². The summed E-state index contributed by atoms with van der Waals surface area (Å²) in [5.74, 6) is 0. The summed E-state index contributed by atoms with van der Waals surface area (Å²) in [5, 5.41) is 0. The van der Waals surface area contributed by atoms with Gasteiger partial charge in [-0.25, -0.2) is 15.0 Å². The number of ether oxygens (including phenoxy) is 1. The molecule has 0 N–H and O–H groups in total. The summed E-state index contributed by atoms with van der Waals surface area (Å²) >= 11 is 0. The highest BCUT2D eigenvalue weighted by Crippen LogP contribution is 2.26. The third kappa shape index (κ3) is 4.36. The molecule has 8 nitrogen and oxygen atoms in total. The van der Waals surface area contributed by atoms with Gasteiger partial charge in [0.25, 0.3) is 10.1 Å². The zero-order chi connectivity index (χ0) is 20.4. The molecule has 0 bridgehead atoms. The molecule has 3 heterocycles. The molecule has 3 aromatic rings. The number of nitrogens with zero attached hydrogens (tertiary/aromatic N) is 4. The van der Waals surface area contributed by atoms with Crippen LogP contribution in [0.2, 0.25) is 0 Å². The van der Waals surface area contributed by atoms with Gasteiger partial charge in [0, 0.05) is 31.7 Å². The van der Waals surface area contributed by atoms with Gasteiger partial charge in [-0.05, 0) is 32.0 Å². The lowest BCUT2D eigenvalue weighted by molar-refractivity contribution is -0.0359. The number of rotatable bonds is 5. The van der Waals surface area contributed by atoms with Gasteiger partial charge >= 0.3 is 0 Å². The predicted molar refractivity (Wildman–Crippen MR) is 108 cm³/mol. The molecule has 1 aliphatic rings. The molecular weight excluding hydrogens is 392 g/mol. The number of fused-ring (bicyclic) bond motifs is 1. The molecule has 1 aromatic carbocycles. The van der Waals surface area contributed by atoms with Gasteiger partial charge < -0.3 is 9.64 Å². The minimum atomic E-state index is -3.84. The largest absolute Gasteiger partial charge is 0.369 e. The van der Waals surface area contributed by atoms with Gasteiger partial charge in [0.05, 0.1) is 23.3 Å². The van der Waals surface area contributed by atoms with E-state index in [4.69, 9.17) is 8.92 Å². The van der Waals surface area contributed by atoms with Crippen molar-refractivity contribution in [2.45, 2.75) is 31.0 Å². The smallest absolute Gasteiger partial charge is 0.297 e. The molecular formula is C20H22N4O4S. The number of pyridine rings is 1. The predicted octanol–water partition coefficient (Wildman–Crippen LogP) is 2.33. The minimum absolute atomic E-state index is 0.0637. The average molecular weight is 414 g/mol. The van der Waals surface area contributed by atoms with Crippen molar-refractivity contribution in [3.8, 4) is 0 Å². The molecule has 0 unspecified atom stereocenters. The topological polar surface area (TPSA) is 94.5 Å². The molecule has 0 amide bonds. The van der Waals surface area contributed by atoms with Crippen LogP contribution in [0, 0.1) is 6.92 Å². The van der Waals surface area contributed by atoms with E-state index in [1.807, 2.05) is 19.9 Å². The molecule has 1 fully saturated rings. The Bertz CT molecular complexity index is 1100. The fourth-order valence-electron chi connectivity index (χ4n) is 3.39. The summed E-state index contributed by atoms with van der Waals surface area (Å²) in [7, 11) is -3.84. The first-order valence-corrected chi connectivity index (χ1v) is 10.8.